The fraction of sp³-hybridized carbons (Fsp3) is 0.909. The Labute approximate surface area is 81.8 Å². The van der Waals surface area contributed by atoms with Gasteiger partial charge in [-0.15, -0.1) is 0 Å². The fourth-order valence-corrected chi connectivity index (χ4v) is 2.03. The summed E-state index contributed by atoms with van der Waals surface area (Å²) in [6.07, 6.45) is 4.92. The number of nitrogens with zero attached hydrogens (tertiary/aromatic N) is 1. The van der Waals surface area contributed by atoms with Gasteiger partial charge in [0.25, 0.3) is 0 Å². The highest BCUT2D eigenvalue weighted by atomic mass is 15.0. The van der Waals surface area contributed by atoms with E-state index in [4.69, 9.17) is 0 Å². The van der Waals surface area contributed by atoms with Gasteiger partial charge in [-0.25, -0.2) is 0 Å². The van der Waals surface area contributed by atoms with Crippen molar-refractivity contribution in [2.24, 2.45) is 10.9 Å². The van der Waals surface area contributed by atoms with Crippen LogP contribution in [0.5, 0.6) is 0 Å². The zero-order valence-electron chi connectivity index (χ0n) is 9.14. The van der Waals surface area contributed by atoms with Crippen molar-refractivity contribution in [3.05, 3.63) is 0 Å². The van der Waals surface area contributed by atoms with E-state index in [9.17, 15) is 0 Å². The maximum Gasteiger partial charge on any atom is 0.0965 e. The normalized spacial score (nSPS) is 18.9. The van der Waals surface area contributed by atoms with Gasteiger partial charge in [0.05, 0.1) is 5.84 Å². The molecule has 1 N–H and O–H groups in total. The summed E-state index contributed by atoms with van der Waals surface area (Å²) in [5.74, 6) is 2.03. The third-order valence-corrected chi connectivity index (χ3v) is 3.02. The Bertz CT molecular complexity index is 171. The standard InChI is InChI=1S/C11H22N2/c1-4-10(5-2)9(3)13-11-7-6-8-12-11/h9-10H,4-8H2,1-3H3,(H,12,13). The maximum atomic E-state index is 4.43. The van der Waals surface area contributed by atoms with E-state index in [2.05, 4.69) is 31.1 Å². The zero-order valence-corrected chi connectivity index (χ0v) is 9.14. The molecule has 0 spiro atoms. The van der Waals surface area contributed by atoms with E-state index in [1.165, 1.54) is 25.1 Å². The van der Waals surface area contributed by atoms with Gasteiger partial charge in [0.1, 0.15) is 0 Å². The van der Waals surface area contributed by atoms with Gasteiger partial charge >= 0.3 is 0 Å². The van der Waals surface area contributed by atoms with E-state index in [1.54, 1.807) is 0 Å². The average Bonchev–Trinajstić information content (AvgIpc) is 2.59. The van der Waals surface area contributed by atoms with Gasteiger partial charge in [-0.2, -0.15) is 0 Å². The lowest BCUT2D eigenvalue weighted by molar-refractivity contribution is 0.390. The van der Waals surface area contributed by atoms with Crippen LogP contribution in [0.1, 0.15) is 46.5 Å². The Morgan fingerprint density at radius 3 is 2.54 bits per heavy atom. The first kappa shape index (κ1) is 10.6. The first-order valence-corrected chi connectivity index (χ1v) is 5.57. The Morgan fingerprint density at radius 2 is 2.08 bits per heavy atom. The molecule has 0 aromatic carbocycles. The molecule has 2 heteroatoms. The van der Waals surface area contributed by atoms with Crippen molar-refractivity contribution in [3.8, 4) is 0 Å². The molecule has 1 atom stereocenters. The van der Waals surface area contributed by atoms with Gasteiger partial charge in [-0.3, -0.25) is 4.99 Å². The molecule has 0 bridgehead atoms. The highest BCUT2D eigenvalue weighted by Crippen LogP contribution is 2.13. The summed E-state index contributed by atoms with van der Waals surface area (Å²) in [5.41, 5.74) is 0. The molecule has 76 valence electrons. The molecule has 1 aliphatic rings. The molecule has 1 aliphatic heterocycles. The topological polar surface area (TPSA) is 24.4 Å². The number of rotatable bonds is 4. The van der Waals surface area contributed by atoms with Gasteiger partial charge in [0.2, 0.25) is 0 Å². The van der Waals surface area contributed by atoms with Crippen LogP contribution in [-0.2, 0) is 0 Å². The smallest absolute Gasteiger partial charge is 0.0965 e. The van der Waals surface area contributed by atoms with Crippen LogP contribution in [0.2, 0.25) is 0 Å². The molecule has 0 aromatic rings. The third-order valence-electron chi connectivity index (χ3n) is 3.02. The Kier molecular flexibility index (Phi) is 4.26. The minimum absolute atomic E-state index is 0.590. The van der Waals surface area contributed by atoms with Crippen LogP contribution >= 0.6 is 0 Å². The minimum atomic E-state index is 0.590. The van der Waals surface area contributed by atoms with Crippen molar-refractivity contribution in [3.63, 3.8) is 0 Å². The lowest BCUT2D eigenvalue weighted by Crippen LogP contribution is -2.36. The molecule has 0 saturated heterocycles. The number of amidine groups is 1. The highest BCUT2D eigenvalue weighted by molar-refractivity contribution is 5.83. The van der Waals surface area contributed by atoms with Crippen molar-refractivity contribution in [2.45, 2.75) is 52.5 Å². The second kappa shape index (κ2) is 5.25. The van der Waals surface area contributed by atoms with Crippen LogP contribution in [0.25, 0.3) is 0 Å². The number of nitrogens with one attached hydrogen (secondary N) is 1. The Balaban J connectivity index is 2.34. The molecule has 0 fully saturated rings. The molecule has 0 aliphatic carbocycles. The van der Waals surface area contributed by atoms with Gasteiger partial charge in [-0.05, 0) is 19.3 Å². The summed E-state index contributed by atoms with van der Waals surface area (Å²) < 4.78 is 0. The van der Waals surface area contributed by atoms with Crippen LogP contribution in [0, 0.1) is 5.92 Å². The summed E-state index contributed by atoms with van der Waals surface area (Å²) in [6, 6.07) is 0.590. The molecule has 0 aromatic heterocycles. The highest BCUT2D eigenvalue weighted by Gasteiger charge is 2.15. The van der Waals surface area contributed by atoms with Crippen molar-refractivity contribution in [1.82, 2.24) is 5.32 Å². The summed E-state index contributed by atoms with van der Waals surface area (Å²) in [4.78, 5) is 4.43. The fourth-order valence-electron chi connectivity index (χ4n) is 2.03. The van der Waals surface area contributed by atoms with Crippen molar-refractivity contribution in [1.29, 1.82) is 0 Å². The monoisotopic (exact) mass is 182 g/mol. The number of hydrogen-bond acceptors (Lipinski definition) is 2. The van der Waals surface area contributed by atoms with E-state index < -0.39 is 0 Å². The summed E-state index contributed by atoms with van der Waals surface area (Å²) in [7, 11) is 0. The number of aliphatic imine (C=N–C) groups is 1. The molecule has 1 unspecified atom stereocenters. The molecule has 0 saturated carbocycles. The predicted octanol–water partition coefficient (Wildman–Crippen LogP) is 2.59. The van der Waals surface area contributed by atoms with Crippen LogP contribution in [0.3, 0.4) is 0 Å². The molecule has 1 rings (SSSR count). The first-order valence-electron chi connectivity index (χ1n) is 5.57. The predicted molar refractivity (Wildman–Crippen MR) is 58.2 cm³/mol. The van der Waals surface area contributed by atoms with Gasteiger partial charge in [0.15, 0.2) is 0 Å². The minimum Gasteiger partial charge on any atom is -0.371 e. The molecule has 0 amide bonds. The quantitative estimate of drug-likeness (QED) is 0.710. The van der Waals surface area contributed by atoms with Crippen molar-refractivity contribution in [2.75, 3.05) is 6.54 Å². The summed E-state index contributed by atoms with van der Waals surface area (Å²) in [5, 5.41) is 3.53. The van der Waals surface area contributed by atoms with Gasteiger partial charge < -0.3 is 5.32 Å². The Morgan fingerprint density at radius 1 is 1.38 bits per heavy atom. The SMILES string of the molecule is CCC(CC)C(C)NC1=NCCC1. The van der Waals surface area contributed by atoms with E-state index in [0.717, 1.165) is 18.9 Å². The average molecular weight is 182 g/mol. The van der Waals surface area contributed by atoms with Gasteiger partial charge in [0, 0.05) is 19.0 Å². The van der Waals surface area contributed by atoms with Crippen LogP contribution < -0.4 is 5.32 Å². The molecular formula is C11H22N2. The van der Waals surface area contributed by atoms with Crippen LogP contribution in [-0.4, -0.2) is 18.4 Å². The molecule has 0 radical (unpaired) electrons. The lowest BCUT2D eigenvalue weighted by Gasteiger charge is -2.23. The van der Waals surface area contributed by atoms with E-state index >= 15 is 0 Å². The molecule has 13 heavy (non-hydrogen) atoms. The van der Waals surface area contributed by atoms with Crippen LogP contribution in [0.15, 0.2) is 4.99 Å². The lowest BCUT2D eigenvalue weighted by atomic mass is 9.95. The van der Waals surface area contributed by atoms with Crippen LogP contribution in [0.4, 0.5) is 0 Å². The zero-order chi connectivity index (χ0) is 9.68. The second-order valence-corrected chi connectivity index (χ2v) is 3.94. The maximum absolute atomic E-state index is 4.43. The molecular weight excluding hydrogens is 160 g/mol. The number of hydrogen-bond donors (Lipinski definition) is 1. The van der Waals surface area contributed by atoms with Crippen molar-refractivity contribution < 1.29 is 0 Å². The second-order valence-electron chi connectivity index (χ2n) is 3.94. The largest absolute Gasteiger partial charge is 0.371 e. The molecule has 2 nitrogen and oxygen atoms in total. The first-order chi connectivity index (χ1) is 6.27. The van der Waals surface area contributed by atoms with E-state index in [-0.39, 0.29) is 0 Å². The summed E-state index contributed by atoms with van der Waals surface area (Å²) >= 11 is 0. The third kappa shape index (κ3) is 3.02. The van der Waals surface area contributed by atoms with Gasteiger partial charge in [-0.1, -0.05) is 26.7 Å². The van der Waals surface area contributed by atoms with Crippen molar-refractivity contribution >= 4 is 5.84 Å². The Hall–Kier alpha value is -0.530. The van der Waals surface area contributed by atoms with E-state index in [0.29, 0.717) is 6.04 Å². The van der Waals surface area contributed by atoms with E-state index in [1.807, 2.05) is 0 Å². The summed E-state index contributed by atoms with van der Waals surface area (Å²) in [6.45, 7) is 7.84. The molecule has 1 heterocycles.